The molecule has 0 spiro atoms. The van der Waals surface area contributed by atoms with Gasteiger partial charge in [0.15, 0.2) is 11.5 Å². The van der Waals surface area contributed by atoms with Crippen molar-refractivity contribution in [2.24, 2.45) is 0 Å². The quantitative estimate of drug-likeness (QED) is 0.729. The van der Waals surface area contributed by atoms with Crippen molar-refractivity contribution in [3.8, 4) is 11.5 Å². The lowest BCUT2D eigenvalue weighted by Crippen LogP contribution is -2.47. The van der Waals surface area contributed by atoms with Crippen molar-refractivity contribution < 1.29 is 23.9 Å². The second-order valence-electron chi connectivity index (χ2n) is 7.40. The summed E-state index contributed by atoms with van der Waals surface area (Å²) in [6, 6.07) is 6.79. The van der Waals surface area contributed by atoms with E-state index in [0.29, 0.717) is 18.0 Å². The Labute approximate surface area is 172 Å². The normalized spacial score (nSPS) is 20.1. The highest BCUT2D eigenvalue weighted by molar-refractivity contribution is 7.07. The Bertz CT molecular complexity index is 961. The topological polar surface area (TPSA) is 88.2 Å². The lowest BCUT2D eigenvalue weighted by molar-refractivity contribution is -0.138. The van der Waals surface area contributed by atoms with Gasteiger partial charge in [0.05, 0.1) is 0 Å². The predicted octanol–water partition coefficient (Wildman–Crippen LogP) is 1.99. The van der Waals surface area contributed by atoms with E-state index in [0.717, 1.165) is 16.0 Å². The Morgan fingerprint density at radius 1 is 1.24 bits per heavy atom. The highest BCUT2D eigenvalue weighted by Crippen LogP contribution is 2.34. The summed E-state index contributed by atoms with van der Waals surface area (Å²) >= 11 is 1.55. The van der Waals surface area contributed by atoms with Crippen molar-refractivity contribution in [2.45, 2.75) is 25.4 Å². The molecule has 4 amide bonds. The minimum absolute atomic E-state index is 0.167. The van der Waals surface area contributed by atoms with Crippen LogP contribution in [0.3, 0.4) is 0 Å². The highest BCUT2D eigenvalue weighted by atomic mass is 32.1. The number of nitrogens with zero attached hydrogens (tertiary/aromatic N) is 2. The zero-order valence-electron chi connectivity index (χ0n) is 16.1. The molecule has 0 aliphatic carbocycles. The smallest absolute Gasteiger partial charge is 0.325 e. The van der Waals surface area contributed by atoms with Gasteiger partial charge in [-0.25, -0.2) is 4.79 Å². The van der Waals surface area contributed by atoms with Crippen LogP contribution in [0.2, 0.25) is 0 Å². The van der Waals surface area contributed by atoms with Crippen LogP contribution in [-0.2, 0) is 22.6 Å². The van der Waals surface area contributed by atoms with Gasteiger partial charge in [-0.3, -0.25) is 14.5 Å². The number of amides is 4. The van der Waals surface area contributed by atoms with Gasteiger partial charge in [-0.15, -0.1) is 0 Å². The van der Waals surface area contributed by atoms with Crippen LogP contribution in [0, 0.1) is 0 Å². The fourth-order valence-electron chi connectivity index (χ4n) is 3.47. The standard InChI is InChI=1S/C20H21N3O5S/c1-20(8-13-3-4-15-16(7-13)28-12-27-15)18(25)23(19(26)21-20)10-17(24)22(2)9-14-5-6-29-11-14/h3-7,11H,8-10,12H2,1-2H3,(H,21,26). The number of hydrogen-bond acceptors (Lipinski definition) is 6. The van der Waals surface area contributed by atoms with E-state index >= 15 is 0 Å². The molecule has 9 heteroatoms. The number of rotatable bonds is 6. The van der Waals surface area contributed by atoms with E-state index in [1.165, 1.54) is 4.90 Å². The largest absolute Gasteiger partial charge is 0.454 e. The molecule has 1 aromatic heterocycles. The van der Waals surface area contributed by atoms with Crippen LogP contribution in [0.25, 0.3) is 0 Å². The summed E-state index contributed by atoms with van der Waals surface area (Å²) in [5.74, 6) is 0.552. The highest BCUT2D eigenvalue weighted by Gasteiger charge is 2.48. The second kappa shape index (κ2) is 7.40. The summed E-state index contributed by atoms with van der Waals surface area (Å²) in [5, 5.41) is 6.63. The van der Waals surface area contributed by atoms with Gasteiger partial charge in [-0.2, -0.15) is 11.3 Å². The molecule has 2 aliphatic rings. The SMILES string of the molecule is CN(Cc1ccsc1)C(=O)CN1C(=O)NC(C)(Cc2ccc3c(c2)OCO3)C1=O. The van der Waals surface area contributed by atoms with Gasteiger partial charge in [-0.1, -0.05) is 6.07 Å². The fourth-order valence-corrected chi connectivity index (χ4v) is 4.13. The zero-order chi connectivity index (χ0) is 20.6. The third kappa shape index (κ3) is 3.77. The molecule has 1 N–H and O–H groups in total. The number of ether oxygens (including phenoxy) is 2. The van der Waals surface area contributed by atoms with Crippen molar-refractivity contribution in [3.05, 3.63) is 46.2 Å². The Morgan fingerprint density at radius 3 is 2.79 bits per heavy atom. The van der Waals surface area contributed by atoms with Crippen LogP contribution in [0.5, 0.6) is 11.5 Å². The molecule has 29 heavy (non-hydrogen) atoms. The second-order valence-corrected chi connectivity index (χ2v) is 8.18. The van der Waals surface area contributed by atoms with E-state index in [1.807, 2.05) is 22.9 Å². The number of carbonyl (C=O) groups is 3. The number of thiophene rings is 1. The van der Waals surface area contributed by atoms with Gasteiger partial charge in [0.1, 0.15) is 12.1 Å². The predicted molar refractivity (Wildman–Crippen MR) is 106 cm³/mol. The van der Waals surface area contributed by atoms with Crippen molar-refractivity contribution in [3.63, 3.8) is 0 Å². The van der Waals surface area contributed by atoms with Gasteiger partial charge >= 0.3 is 6.03 Å². The molecule has 1 atom stereocenters. The number of urea groups is 1. The number of hydrogen-bond donors (Lipinski definition) is 1. The fraction of sp³-hybridized carbons (Fsp3) is 0.350. The molecule has 4 rings (SSSR count). The van der Waals surface area contributed by atoms with Gasteiger partial charge in [0.2, 0.25) is 12.7 Å². The van der Waals surface area contributed by atoms with Crippen LogP contribution >= 0.6 is 11.3 Å². The molecular weight excluding hydrogens is 394 g/mol. The number of fused-ring (bicyclic) bond motifs is 1. The summed E-state index contributed by atoms with van der Waals surface area (Å²) in [4.78, 5) is 40.4. The summed E-state index contributed by atoms with van der Waals surface area (Å²) in [7, 11) is 1.66. The first-order chi connectivity index (χ1) is 13.9. The van der Waals surface area contributed by atoms with Crippen LogP contribution in [0.4, 0.5) is 4.79 Å². The Balaban J connectivity index is 1.43. The molecule has 2 aliphatic heterocycles. The lowest BCUT2D eigenvalue weighted by atomic mass is 9.92. The number of nitrogens with one attached hydrogen (secondary N) is 1. The molecule has 152 valence electrons. The Kier molecular flexibility index (Phi) is 4.91. The molecule has 2 aromatic rings. The number of imide groups is 1. The van der Waals surface area contributed by atoms with Crippen molar-refractivity contribution >= 4 is 29.2 Å². The molecule has 0 radical (unpaired) electrons. The first-order valence-electron chi connectivity index (χ1n) is 9.13. The Hall–Kier alpha value is -3.07. The summed E-state index contributed by atoms with van der Waals surface area (Å²) in [6.07, 6.45) is 0.281. The average molecular weight is 415 g/mol. The molecule has 3 heterocycles. The minimum atomic E-state index is -1.13. The van der Waals surface area contributed by atoms with Gasteiger partial charge < -0.3 is 19.7 Å². The monoisotopic (exact) mass is 415 g/mol. The van der Waals surface area contributed by atoms with E-state index in [9.17, 15) is 14.4 Å². The van der Waals surface area contributed by atoms with Crippen LogP contribution in [0.15, 0.2) is 35.0 Å². The third-order valence-corrected chi connectivity index (χ3v) is 5.79. The van der Waals surface area contributed by atoms with Crippen molar-refractivity contribution in [2.75, 3.05) is 20.4 Å². The molecular formula is C20H21N3O5S. The number of carbonyl (C=O) groups excluding carboxylic acids is 3. The molecule has 1 fully saturated rings. The molecule has 1 unspecified atom stereocenters. The number of likely N-dealkylation sites (N-methyl/N-ethyl adjacent to an activating group) is 1. The van der Waals surface area contributed by atoms with E-state index in [1.54, 1.807) is 37.4 Å². The average Bonchev–Trinajstić information content (AvgIpc) is 3.39. The van der Waals surface area contributed by atoms with Crippen LogP contribution in [-0.4, -0.2) is 53.6 Å². The first kappa shape index (κ1) is 19.3. The number of benzene rings is 1. The maximum absolute atomic E-state index is 13.0. The molecule has 0 bridgehead atoms. The van der Waals surface area contributed by atoms with Crippen LogP contribution in [0.1, 0.15) is 18.1 Å². The maximum atomic E-state index is 13.0. The summed E-state index contributed by atoms with van der Waals surface area (Å²) < 4.78 is 10.7. The third-order valence-electron chi connectivity index (χ3n) is 5.06. The van der Waals surface area contributed by atoms with E-state index in [-0.39, 0.29) is 25.7 Å². The van der Waals surface area contributed by atoms with Crippen molar-refractivity contribution in [1.29, 1.82) is 0 Å². The van der Waals surface area contributed by atoms with E-state index in [4.69, 9.17) is 9.47 Å². The van der Waals surface area contributed by atoms with Gasteiger partial charge in [0.25, 0.3) is 5.91 Å². The molecule has 8 nitrogen and oxygen atoms in total. The first-order valence-corrected chi connectivity index (χ1v) is 10.1. The van der Waals surface area contributed by atoms with E-state index in [2.05, 4.69) is 5.32 Å². The molecule has 1 saturated heterocycles. The van der Waals surface area contributed by atoms with Gasteiger partial charge in [-0.05, 0) is 47.0 Å². The summed E-state index contributed by atoms with van der Waals surface area (Å²) in [5.41, 5.74) is 0.709. The molecule has 1 aromatic carbocycles. The zero-order valence-corrected chi connectivity index (χ0v) is 17.0. The van der Waals surface area contributed by atoms with Crippen molar-refractivity contribution in [1.82, 2.24) is 15.1 Å². The van der Waals surface area contributed by atoms with Gasteiger partial charge in [0, 0.05) is 20.0 Å². The molecule has 0 saturated carbocycles. The minimum Gasteiger partial charge on any atom is -0.454 e. The summed E-state index contributed by atoms with van der Waals surface area (Å²) in [6.45, 7) is 1.97. The lowest BCUT2D eigenvalue weighted by Gasteiger charge is -2.23. The maximum Gasteiger partial charge on any atom is 0.325 e. The van der Waals surface area contributed by atoms with E-state index < -0.39 is 17.5 Å². The van der Waals surface area contributed by atoms with Crippen LogP contribution < -0.4 is 14.8 Å². The Morgan fingerprint density at radius 2 is 2.03 bits per heavy atom.